The van der Waals surface area contributed by atoms with E-state index in [1.54, 1.807) is 11.6 Å². The molecule has 146 valence electrons. The van der Waals surface area contributed by atoms with E-state index in [1.165, 1.54) is 12.1 Å². The first-order valence-electron chi connectivity index (χ1n) is 8.25. The van der Waals surface area contributed by atoms with Crippen molar-refractivity contribution in [1.82, 2.24) is 15.2 Å². The van der Waals surface area contributed by atoms with Crippen molar-refractivity contribution < 1.29 is 4.79 Å². The van der Waals surface area contributed by atoms with E-state index in [9.17, 15) is 4.79 Å². The molecule has 3 aromatic rings. The van der Waals surface area contributed by atoms with Crippen LogP contribution in [-0.2, 0) is 6.54 Å². The molecule has 9 heteroatoms. The minimum absolute atomic E-state index is 0.241. The number of anilines is 1. The molecule has 0 radical (unpaired) electrons. The first-order chi connectivity index (χ1) is 13.3. The highest BCUT2D eigenvalue weighted by Crippen LogP contribution is 2.33. The fourth-order valence-corrected chi connectivity index (χ4v) is 3.86. The zero-order chi connectivity index (χ0) is 20.4. The van der Waals surface area contributed by atoms with Crippen LogP contribution in [-0.4, -0.2) is 15.7 Å². The van der Waals surface area contributed by atoms with E-state index in [4.69, 9.17) is 46.4 Å². The Morgan fingerprint density at radius 1 is 1.04 bits per heavy atom. The highest BCUT2D eigenvalue weighted by molar-refractivity contribution is 6.41. The van der Waals surface area contributed by atoms with Crippen LogP contribution in [0.2, 0.25) is 20.2 Å². The van der Waals surface area contributed by atoms with Gasteiger partial charge in [0.25, 0.3) is 5.91 Å². The zero-order valence-electron chi connectivity index (χ0n) is 15.0. The molecular weight excluding hydrogens is 442 g/mol. The van der Waals surface area contributed by atoms with E-state index in [0.717, 1.165) is 11.1 Å². The second kappa shape index (κ2) is 8.62. The Labute approximate surface area is 182 Å². The molecule has 0 aliphatic heterocycles. The van der Waals surface area contributed by atoms with Gasteiger partial charge < -0.3 is 0 Å². The summed E-state index contributed by atoms with van der Waals surface area (Å²) in [4.78, 5) is 12.6. The molecular formula is C19H16Cl4N4O. The van der Waals surface area contributed by atoms with Crippen LogP contribution < -0.4 is 10.9 Å². The molecule has 2 N–H and O–H groups in total. The van der Waals surface area contributed by atoms with E-state index >= 15 is 0 Å². The van der Waals surface area contributed by atoms with Crippen LogP contribution in [0.25, 0.3) is 0 Å². The third-order valence-corrected chi connectivity index (χ3v) is 5.25. The highest BCUT2D eigenvalue weighted by Gasteiger charge is 2.21. The van der Waals surface area contributed by atoms with Gasteiger partial charge in [0.05, 0.1) is 28.0 Å². The Morgan fingerprint density at radius 3 is 2.25 bits per heavy atom. The van der Waals surface area contributed by atoms with E-state index < -0.39 is 5.91 Å². The van der Waals surface area contributed by atoms with Gasteiger partial charge in [-0.1, -0.05) is 76.2 Å². The summed E-state index contributed by atoms with van der Waals surface area (Å²) >= 11 is 24.5. The number of halogens is 4. The van der Waals surface area contributed by atoms with E-state index in [0.29, 0.717) is 22.9 Å². The van der Waals surface area contributed by atoms with Crippen molar-refractivity contribution in [3.05, 3.63) is 79.0 Å². The molecule has 0 saturated carbocycles. The number of hydrogen-bond acceptors (Lipinski definition) is 3. The fourth-order valence-electron chi connectivity index (χ4n) is 2.63. The molecule has 0 unspecified atom stereocenters. The molecule has 2 aromatic carbocycles. The van der Waals surface area contributed by atoms with Crippen LogP contribution in [0, 0.1) is 13.8 Å². The summed E-state index contributed by atoms with van der Waals surface area (Å²) in [5.41, 5.74) is 8.55. The van der Waals surface area contributed by atoms with E-state index in [2.05, 4.69) is 16.0 Å². The number of carbonyl (C=O) groups excluding carboxylic acids is 1. The number of nitrogens with one attached hydrogen (secondary N) is 2. The lowest BCUT2D eigenvalue weighted by Crippen LogP contribution is -2.30. The molecule has 3 rings (SSSR count). The van der Waals surface area contributed by atoms with Crippen molar-refractivity contribution in [3.8, 4) is 0 Å². The van der Waals surface area contributed by atoms with Crippen molar-refractivity contribution in [3.63, 3.8) is 0 Å². The van der Waals surface area contributed by atoms with Gasteiger partial charge in [0, 0.05) is 5.02 Å². The summed E-state index contributed by atoms with van der Waals surface area (Å²) in [5, 5.41) is 5.56. The van der Waals surface area contributed by atoms with Crippen LogP contribution in [0.1, 0.15) is 27.2 Å². The van der Waals surface area contributed by atoms with E-state index in [1.807, 2.05) is 31.2 Å². The quantitative estimate of drug-likeness (QED) is 0.467. The van der Waals surface area contributed by atoms with Crippen molar-refractivity contribution in [1.29, 1.82) is 0 Å². The molecule has 28 heavy (non-hydrogen) atoms. The summed E-state index contributed by atoms with van der Waals surface area (Å²) in [7, 11) is 0. The first kappa shape index (κ1) is 20.8. The van der Waals surface area contributed by atoms with Gasteiger partial charge in [0.1, 0.15) is 10.7 Å². The number of benzene rings is 2. The molecule has 0 bridgehead atoms. The minimum Gasteiger partial charge on any atom is -0.295 e. The average molecular weight is 458 g/mol. The van der Waals surface area contributed by atoms with Gasteiger partial charge in [0.2, 0.25) is 0 Å². The maximum Gasteiger partial charge on any atom is 0.274 e. The first-order valence-corrected chi connectivity index (χ1v) is 9.76. The molecule has 0 saturated heterocycles. The number of hydrogen-bond donors (Lipinski definition) is 2. The molecule has 0 spiro atoms. The molecule has 0 aliphatic carbocycles. The van der Waals surface area contributed by atoms with Crippen LogP contribution in [0.5, 0.6) is 0 Å². The third-order valence-electron chi connectivity index (χ3n) is 4.05. The van der Waals surface area contributed by atoms with Gasteiger partial charge in [-0.05, 0) is 31.5 Å². The predicted octanol–water partition coefficient (Wildman–Crippen LogP) is 5.92. The Balaban J connectivity index is 1.77. The largest absolute Gasteiger partial charge is 0.295 e. The number of rotatable bonds is 5. The second-order valence-electron chi connectivity index (χ2n) is 6.22. The molecule has 1 aromatic heterocycles. The predicted molar refractivity (Wildman–Crippen MR) is 115 cm³/mol. The highest BCUT2D eigenvalue weighted by atomic mass is 35.5. The summed E-state index contributed by atoms with van der Waals surface area (Å²) in [6.45, 7) is 4.19. The summed E-state index contributed by atoms with van der Waals surface area (Å²) in [6.07, 6.45) is 0. The normalized spacial score (nSPS) is 10.8. The van der Waals surface area contributed by atoms with Gasteiger partial charge in [-0.2, -0.15) is 5.10 Å². The van der Waals surface area contributed by atoms with Gasteiger partial charge in [-0.25, -0.2) is 4.68 Å². The number of carbonyl (C=O) groups is 1. The molecule has 1 amide bonds. The third kappa shape index (κ3) is 4.55. The van der Waals surface area contributed by atoms with Gasteiger partial charge >= 0.3 is 0 Å². The lowest BCUT2D eigenvalue weighted by atomic mass is 10.1. The van der Waals surface area contributed by atoms with Crippen LogP contribution >= 0.6 is 46.4 Å². The number of amides is 1. The van der Waals surface area contributed by atoms with Crippen LogP contribution in [0.15, 0.2) is 36.4 Å². The molecule has 1 heterocycles. The Bertz CT molecular complexity index is 1010. The fraction of sp³-hybridized carbons (Fsp3) is 0.158. The topological polar surface area (TPSA) is 59.0 Å². The minimum atomic E-state index is -0.459. The number of nitrogens with zero attached hydrogens (tertiary/aromatic N) is 2. The second-order valence-corrected chi connectivity index (χ2v) is 7.83. The maximum absolute atomic E-state index is 12.6. The van der Waals surface area contributed by atoms with E-state index in [-0.39, 0.29) is 20.8 Å². The zero-order valence-corrected chi connectivity index (χ0v) is 18.0. The van der Waals surface area contributed by atoms with Crippen molar-refractivity contribution in [2.75, 3.05) is 5.43 Å². The Morgan fingerprint density at radius 2 is 1.64 bits per heavy atom. The van der Waals surface area contributed by atoms with Gasteiger partial charge in [0.15, 0.2) is 0 Å². The van der Waals surface area contributed by atoms with Crippen LogP contribution in [0.3, 0.4) is 0 Å². The average Bonchev–Trinajstić information content (AvgIpc) is 2.89. The lowest BCUT2D eigenvalue weighted by molar-refractivity contribution is 0.0962. The maximum atomic E-state index is 12.6. The summed E-state index contributed by atoms with van der Waals surface area (Å²) < 4.78 is 1.58. The number of aryl methyl sites for hydroxylation is 2. The van der Waals surface area contributed by atoms with Gasteiger partial charge in [-0.15, -0.1) is 0 Å². The molecule has 0 aliphatic rings. The molecule has 0 atom stereocenters. The van der Waals surface area contributed by atoms with Crippen molar-refractivity contribution in [2.24, 2.45) is 0 Å². The molecule has 0 fully saturated rings. The van der Waals surface area contributed by atoms with Crippen LogP contribution in [0.4, 0.5) is 5.69 Å². The standard InChI is InChI=1S/C19H16Cl4N4O/c1-10-3-5-12(6-4-10)9-27-18(23)16(11(2)26-27)19(28)25-24-17-14(21)7-13(20)8-15(17)22/h3-8,24H,9H2,1-2H3,(H,25,28). The number of aromatic nitrogens is 2. The molecule has 5 nitrogen and oxygen atoms in total. The summed E-state index contributed by atoms with van der Waals surface area (Å²) in [6, 6.07) is 11.0. The lowest BCUT2D eigenvalue weighted by Gasteiger charge is -2.12. The monoisotopic (exact) mass is 456 g/mol. The smallest absolute Gasteiger partial charge is 0.274 e. The summed E-state index contributed by atoms with van der Waals surface area (Å²) in [5.74, 6) is -0.459. The Kier molecular flexibility index (Phi) is 6.40. The number of hydrazine groups is 1. The van der Waals surface area contributed by atoms with Gasteiger partial charge in [-0.3, -0.25) is 15.6 Å². The Hall–Kier alpha value is -1.92. The SMILES string of the molecule is Cc1ccc(Cn2nc(C)c(C(=O)NNc3c(Cl)cc(Cl)cc3Cl)c2Cl)cc1. The van der Waals surface area contributed by atoms with Crippen molar-refractivity contribution >= 4 is 58.0 Å². The van der Waals surface area contributed by atoms with Crippen molar-refractivity contribution in [2.45, 2.75) is 20.4 Å².